The van der Waals surface area contributed by atoms with Crippen molar-refractivity contribution in [3.05, 3.63) is 59.7 Å². The number of ether oxygens (including phenoxy) is 1. The highest BCUT2D eigenvalue weighted by Crippen LogP contribution is 2.38. The molecule has 1 saturated heterocycles. The third-order valence-electron chi connectivity index (χ3n) is 6.25. The molecule has 0 radical (unpaired) electrons. The van der Waals surface area contributed by atoms with Crippen molar-refractivity contribution in [2.45, 2.75) is 44.7 Å². The second-order valence-corrected chi connectivity index (χ2v) is 10.6. The first-order valence-electron chi connectivity index (χ1n) is 11.2. The van der Waals surface area contributed by atoms with Gasteiger partial charge < -0.3 is 9.84 Å². The quantitative estimate of drug-likeness (QED) is 0.397. The summed E-state index contributed by atoms with van der Waals surface area (Å²) in [5, 5.41) is 11.7. The van der Waals surface area contributed by atoms with Crippen LogP contribution in [-0.4, -0.2) is 56.9 Å². The van der Waals surface area contributed by atoms with E-state index in [-0.39, 0.29) is 24.4 Å². The number of likely N-dealkylation sites (tertiary alicyclic amines) is 1. The van der Waals surface area contributed by atoms with Crippen LogP contribution in [0, 0.1) is 6.92 Å². The minimum Gasteiger partial charge on any atom is -0.406 e. The molecule has 2 N–H and O–H groups in total. The van der Waals surface area contributed by atoms with E-state index in [1.54, 1.807) is 12.1 Å². The highest BCUT2D eigenvalue weighted by atomic mass is 32.2. The zero-order valence-corrected chi connectivity index (χ0v) is 20.7. The van der Waals surface area contributed by atoms with Crippen molar-refractivity contribution >= 4 is 37.7 Å². The van der Waals surface area contributed by atoms with Crippen molar-refractivity contribution in [1.82, 2.24) is 4.90 Å². The molecule has 1 aliphatic rings. The Morgan fingerprint density at radius 3 is 2.43 bits per heavy atom. The molecular weight excluding hydrogens is 501 g/mol. The normalized spacial score (nSPS) is 17.4. The molecule has 0 aliphatic carbocycles. The molecule has 6 nitrogen and oxygen atoms in total. The van der Waals surface area contributed by atoms with Crippen molar-refractivity contribution in [3.63, 3.8) is 0 Å². The number of aliphatic hydroxyl groups is 1. The van der Waals surface area contributed by atoms with Crippen molar-refractivity contribution in [2.75, 3.05) is 23.9 Å². The molecule has 35 heavy (non-hydrogen) atoms. The first-order valence-corrected chi connectivity index (χ1v) is 13.1. The van der Waals surface area contributed by atoms with Gasteiger partial charge in [0.25, 0.3) is 11.3 Å². The van der Waals surface area contributed by atoms with E-state index in [1.165, 1.54) is 27.8 Å². The van der Waals surface area contributed by atoms with E-state index in [1.807, 2.05) is 31.2 Å². The molecule has 190 valence electrons. The Morgan fingerprint density at radius 2 is 1.83 bits per heavy atom. The average Bonchev–Trinajstić information content (AvgIpc) is 3.13. The highest BCUT2D eigenvalue weighted by molar-refractivity contribution is 7.81. The summed E-state index contributed by atoms with van der Waals surface area (Å²) in [6, 6.07) is 13.3. The van der Waals surface area contributed by atoms with E-state index in [0.717, 1.165) is 21.2 Å². The lowest BCUT2D eigenvalue weighted by Crippen LogP contribution is -2.49. The Bertz CT molecular complexity index is 1160. The van der Waals surface area contributed by atoms with E-state index in [2.05, 4.69) is 9.64 Å². The van der Waals surface area contributed by atoms with Gasteiger partial charge in [0.2, 0.25) is 0 Å². The van der Waals surface area contributed by atoms with Crippen LogP contribution in [0.2, 0.25) is 0 Å². The smallest absolute Gasteiger partial charge is 0.406 e. The number of hydrogen-bond acceptors (Lipinski definition) is 5. The number of aryl methyl sites for hydroxylation is 1. The van der Waals surface area contributed by atoms with Gasteiger partial charge in [-0.3, -0.25) is 13.8 Å². The maximum atomic E-state index is 12.5. The lowest BCUT2D eigenvalue weighted by Gasteiger charge is -2.38. The van der Waals surface area contributed by atoms with E-state index in [4.69, 9.17) is 0 Å². The van der Waals surface area contributed by atoms with Crippen LogP contribution < -0.4 is 9.04 Å². The van der Waals surface area contributed by atoms with Crippen LogP contribution in [0.25, 0.3) is 10.1 Å². The van der Waals surface area contributed by atoms with Crippen LogP contribution in [-0.2, 0) is 17.7 Å². The number of piperidine rings is 1. The molecule has 2 aromatic carbocycles. The summed E-state index contributed by atoms with van der Waals surface area (Å²) in [5.74, 6) is -0.294. The Balaban J connectivity index is 1.60. The predicted molar refractivity (Wildman–Crippen MR) is 132 cm³/mol. The molecule has 4 rings (SSSR count). The Labute approximate surface area is 208 Å². The summed E-state index contributed by atoms with van der Waals surface area (Å²) in [7, 11) is 0. The van der Waals surface area contributed by atoms with E-state index in [0.29, 0.717) is 37.4 Å². The van der Waals surface area contributed by atoms with Crippen LogP contribution in [0.5, 0.6) is 5.75 Å². The molecule has 0 bridgehead atoms. The van der Waals surface area contributed by atoms with Gasteiger partial charge in [0.05, 0.1) is 12.6 Å². The lowest BCUT2D eigenvalue weighted by atomic mass is 10.00. The number of thiophene rings is 1. The second kappa shape index (κ2) is 10.8. The number of halogens is 3. The number of fused-ring (bicyclic) bond motifs is 1. The average molecular weight is 529 g/mol. The number of nitrogens with zero attached hydrogens (tertiary/aromatic N) is 2. The van der Waals surface area contributed by atoms with Gasteiger partial charge in [0.15, 0.2) is 0 Å². The molecule has 2 heterocycles. The van der Waals surface area contributed by atoms with Crippen LogP contribution in [0.1, 0.15) is 24.0 Å². The topological polar surface area (TPSA) is 73.2 Å². The van der Waals surface area contributed by atoms with Gasteiger partial charge in [-0.15, -0.1) is 24.5 Å². The Hall–Kier alpha value is -2.18. The molecule has 1 aliphatic heterocycles. The van der Waals surface area contributed by atoms with Crippen LogP contribution in [0.4, 0.5) is 18.2 Å². The Kier molecular flexibility index (Phi) is 8.02. The van der Waals surface area contributed by atoms with Crippen LogP contribution in [0.15, 0.2) is 48.5 Å². The molecule has 2 unspecified atom stereocenters. The van der Waals surface area contributed by atoms with Crippen molar-refractivity contribution in [1.29, 1.82) is 0 Å². The van der Waals surface area contributed by atoms with Crippen molar-refractivity contribution in [2.24, 2.45) is 0 Å². The summed E-state index contributed by atoms with van der Waals surface area (Å²) >= 11 is -0.820. The Morgan fingerprint density at radius 1 is 1.17 bits per heavy atom. The molecule has 0 spiro atoms. The number of rotatable bonds is 8. The summed E-state index contributed by atoms with van der Waals surface area (Å²) in [6.45, 7) is 3.42. The van der Waals surface area contributed by atoms with Crippen molar-refractivity contribution in [3.8, 4) is 5.75 Å². The van der Waals surface area contributed by atoms with Gasteiger partial charge in [0.1, 0.15) is 10.8 Å². The third-order valence-corrected chi connectivity index (χ3v) is 8.37. The standard InChI is InChI=1S/C24H27F3N2O4S2/c1-16-21-4-2-3-5-22(21)34-23(16)29(35(31)32)15-18(28-12-10-19(30)11-13-28)14-17-6-8-20(9-7-17)33-24(25,26)27/h2-9,18-19,30H,10-15H2,1H3,(H,31,32). The van der Waals surface area contributed by atoms with Gasteiger partial charge in [-0.2, -0.15) is 0 Å². The number of anilines is 1. The summed E-state index contributed by atoms with van der Waals surface area (Å²) in [5.41, 5.74) is 1.71. The van der Waals surface area contributed by atoms with Gasteiger partial charge in [-0.05, 0) is 60.9 Å². The largest absolute Gasteiger partial charge is 0.573 e. The van der Waals surface area contributed by atoms with Gasteiger partial charge in [-0.25, -0.2) is 4.21 Å². The fourth-order valence-corrected chi connectivity index (χ4v) is 6.47. The van der Waals surface area contributed by atoms with E-state index >= 15 is 0 Å². The fourth-order valence-electron chi connectivity index (χ4n) is 4.47. The minimum absolute atomic E-state index is 0.197. The van der Waals surface area contributed by atoms with Gasteiger partial charge in [-0.1, -0.05) is 30.3 Å². The summed E-state index contributed by atoms with van der Waals surface area (Å²) in [6.07, 6.45) is -3.48. The first kappa shape index (κ1) is 25.9. The monoisotopic (exact) mass is 528 g/mol. The van der Waals surface area contributed by atoms with Gasteiger partial charge in [0, 0.05) is 23.8 Å². The summed E-state index contributed by atoms with van der Waals surface area (Å²) in [4.78, 5) is 2.18. The molecule has 2 atom stereocenters. The summed E-state index contributed by atoms with van der Waals surface area (Å²) < 4.78 is 66.7. The fraction of sp³-hybridized carbons (Fsp3) is 0.417. The number of aliphatic hydroxyl groups excluding tert-OH is 1. The third kappa shape index (κ3) is 6.53. The highest BCUT2D eigenvalue weighted by Gasteiger charge is 2.32. The minimum atomic E-state index is -4.76. The molecule has 1 fully saturated rings. The van der Waals surface area contributed by atoms with Crippen molar-refractivity contribution < 1.29 is 31.8 Å². The molecule has 0 saturated carbocycles. The zero-order chi connectivity index (χ0) is 25.2. The molecule has 11 heteroatoms. The van der Waals surface area contributed by atoms with Gasteiger partial charge >= 0.3 is 6.36 Å². The number of hydrogen-bond donors (Lipinski definition) is 2. The second-order valence-electron chi connectivity index (χ2n) is 8.64. The van der Waals surface area contributed by atoms with E-state index in [9.17, 15) is 27.0 Å². The van der Waals surface area contributed by atoms with Crippen LogP contribution >= 0.6 is 11.3 Å². The SMILES string of the molecule is Cc1c(N(CC(Cc2ccc(OC(F)(F)F)cc2)N2CCC(O)CC2)S(=O)O)sc2ccccc12. The zero-order valence-electron chi connectivity index (χ0n) is 19.1. The molecule has 3 aromatic rings. The first-order chi connectivity index (χ1) is 16.6. The number of benzene rings is 2. The predicted octanol–water partition coefficient (Wildman–Crippen LogP) is 5.12. The van der Waals surface area contributed by atoms with Crippen LogP contribution in [0.3, 0.4) is 0 Å². The molecular formula is C24H27F3N2O4S2. The molecule has 0 amide bonds. The lowest BCUT2D eigenvalue weighted by molar-refractivity contribution is -0.274. The number of alkyl halides is 3. The maximum Gasteiger partial charge on any atom is 0.573 e. The van der Waals surface area contributed by atoms with E-state index < -0.39 is 17.6 Å². The molecule has 1 aromatic heterocycles. The maximum absolute atomic E-state index is 12.5.